The Morgan fingerprint density at radius 2 is 1.75 bits per heavy atom. The summed E-state index contributed by atoms with van der Waals surface area (Å²) in [4.78, 5) is 33.1. The van der Waals surface area contributed by atoms with Crippen LogP contribution in [0.15, 0.2) is 48.8 Å². The zero-order chi connectivity index (χ0) is 14.4. The van der Waals surface area contributed by atoms with Gasteiger partial charge in [0.2, 0.25) is 5.95 Å². The maximum atomic E-state index is 12.1. The van der Waals surface area contributed by atoms with Gasteiger partial charge in [0.25, 0.3) is 0 Å². The lowest BCUT2D eigenvalue weighted by molar-refractivity contribution is -0.134. The van der Waals surface area contributed by atoms with Gasteiger partial charge in [0.05, 0.1) is 0 Å². The van der Waals surface area contributed by atoms with Crippen molar-refractivity contribution in [2.24, 2.45) is 0 Å². The Morgan fingerprint density at radius 1 is 1.10 bits per heavy atom. The Balaban J connectivity index is 2.11. The molecule has 6 heteroatoms. The van der Waals surface area contributed by atoms with Crippen LogP contribution in [0.1, 0.15) is 6.92 Å². The first kappa shape index (κ1) is 13.7. The van der Waals surface area contributed by atoms with E-state index in [2.05, 4.69) is 15.3 Å². The van der Waals surface area contributed by atoms with Crippen molar-refractivity contribution in [1.29, 1.82) is 0 Å². The molecule has 0 atom stereocenters. The molecule has 0 bridgehead atoms. The van der Waals surface area contributed by atoms with Crippen molar-refractivity contribution in [3.05, 3.63) is 48.8 Å². The number of carbonyl (C=O) groups excluding carboxylic acids is 2. The monoisotopic (exact) mass is 270 g/mol. The summed E-state index contributed by atoms with van der Waals surface area (Å²) in [6.07, 6.45) is 2.98. The van der Waals surface area contributed by atoms with Gasteiger partial charge in [-0.3, -0.25) is 14.9 Å². The molecular formula is C14H14N4O2. The zero-order valence-corrected chi connectivity index (χ0v) is 11.0. The summed E-state index contributed by atoms with van der Waals surface area (Å²) in [7, 11) is 0. The van der Waals surface area contributed by atoms with Crippen LogP contribution < -0.4 is 10.2 Å². The third-order valence-electron chi connectivity index (χ3n) is 2.61. The first-order valence-corrected chi connectivity index (χ1v) is 6.17. The van der Waals surface area contributed by atoms with Crippen molar-refractivity contribution < 1.29 is 9.59 Å². The first-order chi connectivity index (χ1) is 9.72. The molecule has 6 nitrogen and oxygen atoms in total. The van der Waals surface area contributed by atoms with Gasteiger partial charge in [-0.25, -0.2) is 9.97 Å². The largest absolute Gasteiger partial charge is 0.316 e. The van der Waals surface area contributed by atoms with Gasteiger partial charge in [0.1, 0.15) is 0 Å². The Kier molecular flexibility index (Phi) is 4.39. The molecule has 102 valence electrons. The molecule has 2 amide bonds. The van der Waals surface area contributed by atoms with E-state index in [1.54, 1.807) is 25.1 Å². The number of hydrogen-bond acceptors (Lipinski definition) is 4. The van der Waals surface area contributed by atoms with Crippen LogP contribution in [-0.2, 0) is 9.59 Å². The lowest BCUT2D eigenvalue weighted by Gasteiger charge is -2.19. The van der Waals surface area contributed by atoms with Crippen molar-refractivity contribution in [3.8, 4) is 0 Å². The smallest absolute Gasteiger partial charge is 0.304 e. The fourth-order valence-corrected chi connectivity index (χ4v) is 1.69. The van der Waals surface area contributed by atoms with Gasteiger partial charge in [0.15, 0.2) is 0 Å². The van der Waals surface area contributed by atoms with E-state index in [-0.39, 0.29) is 5.95 Å². The SMILES string of the molecule is CCN(C(=O)C(=O)Nc1ncccn1)c1ccccc1. The number of likely N-dealkylation sites (N-methyl/N-ethyl adjacent to an activating group) is 1. The maximum Gasteiger partial charge on any atom is 0.316 e. The van der Waals surface area contributed by atoms with E-state index in [1.807, 2.05) is 18.2 Å². The molecule has 0 aliphatic carbocycles. The summed E-state index contributed by atoms with van der Waals surface area (Å²) in [6, 6.07) is 10.6. The standard InChI is InChI=1S/C14H14N4O2/c1-2-18(11-7-4-3-5-8-11)13(20)12(19)17-14-15-9-6-10-16-14/h3-10H,2H2,1H3,(H,15,16,17,19). The number of nitrogens with one attached hydrogen (secondary N) is 1. The van der Waals surface area contributed by atoms with E-state index < -0.39 is 11.8 Å². The van der Waals surface area contributed by atoms with Crippen LogP contribution in [0, 0.1) is 0 Å². The van der Waals surface area contributed by atoms with Gasteiger partial charge in [-0.15, -0.1) is 0 Å². The third kappa shape index (κ3) is 3.17. The highest BCUT2D eigenvalue weighted by Gasteiger charge is 2.22. The van der Waals surface area contributed by atoms with Crippen molar-refractivity contribution in [2.75, 3.05) is 16.8 Å². The van der Waals surface area contributed by atoms with Crippen LogP contribution in [0.2, 0.25) is 0 Å². The van der Waals surface area contributed by atoms with Crippen LogP contribution in [0.5, 0.6) is 0 Å². The van der Waals surface area contributed by atoms with Gasteiger partial charge in [-0.05, 0) is 25.1 Å². The van der Waals surface area contributed by atoms with Gasteiger partial charge >= 0.3 is 11.8 Å². The van der Waals surface area contributed by atoms with Gasteiger partial charge in [-0.2, -0.15) is 0 Å². The number of amides is 2. The lowest BCUT2D eigenvalue weighted by atomic mass is 10.3. The topological polar surface area (TPSA) is 75.2 Å². The molecule has 0 saturated heterocycles. The molecule has 2 aromatic rings. The minimum absolute atomic E-state index is 0.106. The molecule has 0 aliphatic rings. The molecule has 20 heavy (non-hydrogen) atoms. The van der Waals surface area contributed by atoms with Crippen LogP contribution in [0.25, 0.3) is 0 Å². The number of benzene rings is 1. The number of rotatable bonds is 3. The second-order valence-electron chi connectivity index (χ2n) is 3.91. The van der Waals surface area contributed by atoms with E-state index in [4.69, 9.17) is 0 Å². The minimum atomic E-state index is -0.762. The Labute approximate surface area is 116 Å². The molecule has 0 fully saturated rings. The van der Waals surface area contributed by atoms with Crippen LogP contribution in [0.3, 0.4) is 0 Å². The summed E-state index contributed by atoms with van der Waals surface area (Å²) in [5.41, 5.74) is 0.670. The third-order valence-corrected chi connectivity index (χ3v) is 2.61. The van der Waals surface area contributed by atoms with E-state index in [9.17, 15) is 9.59 Å². The molecular weight excluding hydrogens is 256 g/mol. The number of para-hydroxylation sites is 1. The van der Waals surface area contributed by atoms with Crippen molar-refractivity contribution in [1.82, 2.24) is 9.97 Å². The summed E-state index contributed by atoms with van der Waals surface area (Å²) in [5.74, 6) is -1.30. The number of nitrogens with zero attached hydrogens (tertiary/aromatic N) is 3. The van der Waals surface area contributed by atoms with Gasteiger partial charge in [0, 0.05) is 24.6 Å². The number of carbonyl (C=O) groups is 2. The van der Waals surface area contributed by atoms with E-state index in [0.29, 0.717) is 12.2 Å². The highest BCUT2D eigenvalue weighted by Crippen LogP contribution is 2.13. The molecule has 0 radical (unpaired) electrons. The summed E-state index contributed by atoms with van der Waals surface area (Å²) < 4.78 is 0. The van der Waals surface area contributed by atoms with Crippen molar-refractivity contribution in [2.45, 2.75) is 6.92 Å². The predicted octanol–water partition coefficient (Wildman–Crippen LogP) is 1.47. The lowest BCUT2D eigenvalue weighted by Crippen LogP contribution is -2.40. The molecule has 2 rings (SSSR count). The molecule has 0 aliphatic heterocycles. The summed E-state index contributed by atoms with van der Waals surface area (Å²) in [6.45, 7) is 2.20. The number of anilines is 2. The average molecular weight is 270 g/mol. The zero-order valence-electron chi connectivity index (χ0n) is 11.0. The van der Waals surface area contributed by atoms with E-state index in [1.165, 1.54) is 17.3 Å². The van der Waals surface area contributed by atoms with Gasteiger partial charge in [-0.1, -0.05) is 18.2 Å². The molecule has 0 saturated carbocycles. The fourth-order valence-electron chi connectivity index (χ4n) is 1.69. The Bertz CT molecular complexity index is 587. The molecule has 1 N–H and O–H groups in total. The van der Waals surface area contributed by atoms with Crippen LogP contribution >= 0.6 is 0 Å². The number of aromatic nitrogens is 2. The molecule has 1 aromatic heterocycles. The average Bonchev–Trinajstić information content (AvgIpc) is 2.50. The molecule has 0 unspecified atom stereocenters. The van der Waals surface area contributed by atoms with Gasteiger partial charge < -0.3 is 4.90 Å². The minimum Gasteiger partial charge on any atom is -0.304 e. The Morgan fingerprint density at radius 3 is 2.35 bits per heavy atom. The number of hydrogen-bond donors (Lipinski definition) is 1. The quantitative estimate of drug-likeness (QED) is 0.857. The predicted molar refractivity (Wildman–Crippen MR) is 75.1 cm³/mol. The second-order valence-corrected chi connectivity index (χ2v) is 3.91. The molecule has 1 aromatic carbocycles. The second kappa shape index (κ2) is 6.42. The van der Waals surface area contributed by atoms with Crippen molar-refractivity contribution in [3.63, 3.8) is 0 Å². The maximum absolute atomic E-state index is 12.1. The highest BCUT2D eigenvalue weighted by atomic mass is 16.2. The summed E-state index contributed by atoms with van der Waals surface area (Å²) >= 11 is 0. The van der Waals surface area contributed by atoms with Crippen LogP contribution in [-0.4, -0.2) is 28.3 Å². The highest BCUT2D eigenvalue weighted by molar-refractivity contribution is 6.44. The van der Waals surface area contributed by atoms with Crippen molar-refractivity contribution >= 4 is 23.5 Å². The van der Waals surface area contributed by atoms with Crippen LogP contribution in [0.4, 0.5) is 11.6 Å². The normalized spacial score (nSPS) is 9.85. The molecule has 1 heterocycles. The Hall–Kier alpha value is -2.76. The fraction of sp³-hybridized carbons (Fsp3) is 0.143. The molecule has 0 spiro atoms. The van der Waals surface area contributed by atoms with E-state index >= 15 is 0 Å². The first-order valence-electron chi connectivity index (χ1n) is 6.17. The van der Waals surface area contributed by atoms with E-state index in [0.717, 1.165) is 0 Å². The summed E-state index contributed by atoms with van der Waals surface area (Å²) in [5, 5.41) is 2.37.